The molecule has 1 unspecified atom stereocenters. The highest BCUT2D eigenvalue weighted by molar-refractivity contribution is 6.31. The highest BCUT2D eigenvalue weighted by Crippen LogP contribution is 2.32. The Morgan fingerprint density at radius 2 is 2.25 bits per heavy atom. The Balaban J connectivity index is 2.17. The van der Waals surface area contributed by atoms with E-state index in [0.29, 0.717) is 16.5 Å². The van der Waals surface area contributed by atoms with Crippen molar-refractivity contribution in [2.45, 2.75) is 32.7 Å². The Morgan fingerprint density at radius 3 is 2.90 bits per heavy atom. The predicted molar refractivity (Wildman–Crippen MR) is 81.4 cm³/mol. The Bertz CT molecular complexity index is 503. The minimum atomic E-state index is -0.208. The molecular formula is C15H21ClN2O2. The summed E-state index contributed by atoms with van der Waals surface area (Å²) in [7, 11) is 1.57. The SMILES string of the molecule is COc1ccc(Cl)cc1NC(=O)C1NCCCC1(C)C. The van der Waals surface area contributed by atoms with Crippen molar-refractivity contribution in [1.29, 1.82) is 0 Å². The van der Waals surface area contributed by atoms with Gasteiger partial charge in [-0.15, -0.1) is 0 Å². The van der Waals surface area contributed by atoms with Crippen molar-refractivity contribution in [2.24, 2.45) is 5.41 Å². The molecule has 1 aliphatic rings. The number of hydrogen-bond acceptors (Lipinski definition) is 3. The third-order valence-corrected chi connectivity index (χ3v) is 4.04. The monoisotopic (exact) mass is 296 g/mol. The molecule has 0 spiro atoms. The number of piperidine rings is 1. The second kappa shape index (κ2) is 6.02. The number of methoxy groups -OCH3 is 1. The molecule has 1 aromatic rings. The number of nitrogens with one attached hydrogen (secondary N) is 2. The van der Waals surface area contributed by atoms with Crippen LogP contribution in [0.3, 0.4) is 0 Å². The number of anilines is 1. The van der Waals surface area contributed by atoms with Gasteiger partial charge in [-0.25, -0.2) is 0 Å². The average Bonchev–Trinajstić information content (AvgIpc) is 2.38. The number of ether oxygens (including phenoxy) is 1. The second-order valence-electron chi connectivity index (χ2n) is 5.81. The largest absolute Gasteiger partial charge is 0.495 e. The Kier molecular flexibility index (Phi) is 4.55. The zero-order valence-corrected chi connectivity index (χ0v) is 12.9. The van der Waals surface area contributed by atoms with Crippen LogP contribution >= 0.6 is 11.6 Å². The van der Waals surface area contributed by atoms with Crippen molar-refractivity contribution in [3.05, 3.63) is 23.2 Å². The van der Waals surface area contributed by atoms with Crippen LogP contribution in [-0.4, -0.2) is 25.6 Å². The first-order valence-corrected chi connectivity index (χ1v) is 7.19. The fourth-order valence-electron chi connectivity index (χ4n) is 2.64. The van der Waals surface area contributed by atoms with E-state index in [4.69, 9.17) is 16.3 Å². The fraction of sp³-hybridized carbons (Fsp3) is 0.533. The molecule has 1 heterocycles. The van der Waals surface area contributed by atoms with Gasteiger partial charge in [-0.2, -0.15) is 0 Å². The standard InChI is InChI=1S/C15H21ClN2O2/c1-15(2)7-4-8-17-13(15)14(19)18-11-9-10(16)5-6-12(11)20-3/h5-6,9,13,17H,4,7-8H2,1-3H3,(H,18,19). The smallest absolute Gasteiger partial charge is 0.242 e. The maximum absolute atomic E-state index is 12.5. The summed E-state index contributed by atoms with van der Waals surface area (Å²) in [6.45, 7) is 5.09. The molecule has 0 saturated carbocycles. The van der Waals surface area contributed by atoms with Gasteiger partial charge in [0.05, 0.1) is 18.8 Å². The lowest BCUT2D eigenvalue weighted by Gasteiger charge is -2.38. The molecule has 0 aliphatic carbocycles. The first kappa shape index (κ1) is 15.1. The molecule has 20 heavy (non-hydrogen) atoms. The molecule has 1 amide bonds. The number of benzene rings is 1. The van der Waals surface area contributed by atoms with Crippen LogP contribution in [0.2, 0.25) is 5.02 Å². The van der Waals surface area contributed by atoms with Crippen LogP contribution in [0.15, 0.2) is 18.2 Å². The highest BCUT2D eigenvalue weighted by Gasteiger charge is 2.37. The molecule has 0 aromatic heterocycles. The van der Waals surface area contributed by atoms with Crippen molar-refractivity contribution in [3.63, 3.8) is 0 Å². The normalized spacial score (nSPS) is 21.3. The summed E-state index contributed by atoms with van der Waals surface area (Å²) in [5, 5.41) is 6.78. The van der Waals surface area contributed by atoms with Crippen molar-refractivity contribution in [3.8, 4) is 5.75 Å². The topological polar surface area (TPSA) is 50.4 Å². The summed E-state index contributed by atoms with van der Waals surface area (Å²) in [5.74, 6) is 0.562. The lowest BCUT2D eigenvalue weighted by atomic mass is 9.77. The van der Waals surface area contributed by atoms with Gasteiger partial charge in [-0.05, 0) is 43.0 Å². The first-order chi connectivity index (χ1) is 9.44. The van der Waals surface area contributed by atoms with Gasteiger partial charge < -0.3 is 15.4 Å². The lowest BCUT2D eigenvalue weighted by molar-refractivity contribution is -0.121. The van der Waals surface area contributed by atoms with Crippen molar-refractivity contribution >= 4 is 23.2 Å². The summed E-state index contributed by atoms with van der Waals surface area (Å²) in [6, 6.07) is 4.98. The van der Waals surface area contributed by atoms with Crippen LogP contribution in [0, 0.1) is 5.41 Å². The zero-order chi connectivity index (χ0) is 14.8. The van der Waals surface area contributed by atoms with Crippen LogP contribution in [0.4, 0.5) is 5.69 Å². The van der Waals surface area contributed by atoms with Crippen LogP contribution in [0.1, 0.15) is 26.7 Å². The van der Waals surface area contributed by atoms with Gasteiger partial charge >= 0.3 is 0 Å². The van der Waals surface area contributed by atoms with E-state index in [1.807, 2.05) is 0 Å². The van der Waals surface area contributed by atoms with Crippen molar-refractivity contribution in [2.75, 3.05) is 19.0 Å². The minimum absolute atomic E-state index is 0.0460. The third kappa shape index (κ3) is 3.25. The number of amides is 1. The lowest BCUT2D eigenvalue weighted by Crippen LogP contribution is -2.53. The maximum Gasteiger partial charge on any atom is 0.242 e. The van der Waals surface area contributed by atoms with E-state index in [1.165, 1.54) is 0 Å². The highest BCUT2D eigenvalue weighted by atomic mass is 35.5. The summed E-state index contributed by atoms with van der Waals surface area (Å²) in [6.07, 6.45) is 2.13. The molecule has 1 fully saturated rings. The molecule has 2 rings (SSSR count). The zero-order valence-electron chi connectivity index (χ0n) is 12.1. The molecule has 5 heteroatoms. The molecule has 1 aliphatic heterocycles. The molecule has 2 N–H and O–H groups in total. The summed E-state index contributed by atoms with van der Waals surface area (Å²) in [4.78, 5) is 12.5. The van der Waals surface area contributed by atoms with Crippen molar-refractivity contribution < 1.29 is 9.53 Å². The number of carbonyl (C=O) groups excluding carboxylic acids is 1. The second-order valence-corrected chi connectivity index (χ2v) is 6.25. The third-order valence-electron chi connectivity index (χ3n) is 3.81. The molecule has 0 bridgehead atoms. The summed E-state index contributed by atoms with van der Waals surface area (Å²) < 4.78 is 5.25. The number of carbonyl (C=O) groups is 1. The average molecular weight is 297 g/mol. The van der Waals surface area contributed by atoms with Crippen molar-refractivity contribution in [1.82, 2.24) is 5.32 Å². The Morgan fingerprint density at radius 1 is 1.50 bits per heavy atom. The number of hydrogen-bond donors (Lipinski definition) is 2. The van der Waals surface area contributed by atoms with Crippen LogP contribution in [-0.2, 0) is 4.79 Å². The Hall–Kier alpha value is -1.26. The van der Waals surface area contributed by atoms with E-state index in [1.54, 1.807) is 25.3 Å². The molecule has 4 nitrogen and oxygen atoms in total. The van der Waals surface area contributed by atoms with Gasteiger partial charge in [0.15, 0.2) is 0 Å². The van der Waals surface area contributed by atoms with Crippen LogP contribution in [0.25, 0.3) is 0 Å². The summed E-state index contributed by atoms with van der Waals surface area (Å²) in [5.41, 5.74) is 0.543. The summed E-state index contributed by atoms with van der Waals surface area (Å²) >= 11 is 5.98. The van der Waals surface area contributed by atoms with Gasteiger partial charge in [-0.1, -0.05) is 25.4 Å². The molecule has 1 atom stereocenters. The van der Waals surface area contributed by atoms with Gasteiger partial charge in [0.2, 0.25) is 5.91 Å². The van der Waals surface area contributed by atoms with Crippen LogP contribution in [0.5, 0.6) is 5.75 Å². The molecular weight excluding hydrogens is 276 g/mol. The Labute approximate surface area is 124 Å². The number of halogens is 1. The number of rotatable bonds is 3. The van der Waals surface area contributed by atoms with E-state index in [0.717, 1.165) is 19.4 Å². The van der Waals surface area contributed by atoms with E-state index in [9.17, 15) is 4.79 Å². The first-order valence-electron chi connectivity index (χ1n) is 6.82. The fourth-order valence-corrected chi connectivity index (χ4v) is 2.81. The predicted octanol–water partition coefficient (Wildman–Crippen LogP) is 3.07. The van der Waals surface area contributed by atoms with Gasteiger partial charge in [0, 0.05) is 5.02 Å². The van der Waals surface area contributed by atoms with Gasteiger partial charge in [0.25, 0.3) is 0 Å². The van der Waals surface area contributed by atoms with Gasteiger partial charge in [0.1, 0.15) is 5.75 Å². The van der Waals surface area contributed by atoms with E-state index >= 15 is 0 Å². The minimum Gasteiger partial charge on any atom is -0.495 e. The van der Waals surface area contributed by atoms with Crippen LogP contribution < -0.4 is 15.4 Å². The molecule has 110 valence electrons. The van der Waals surface area contributed by atoms with E-state index < -0.39 is 0 Å². The van der Waals surface area contributed by atoms with Gasteiger partial charge in [-0.3, -0.25) is 4.79 Å². The molecule has 1 saturated heterocycles. The molecule has 0 radical (unpaired) electrons. The molecule has 1 aromatic carbocycles. The maximum atomic E-state index is 12.5. The van der Waals surface area contributed by atoms with E-state index in [2.05, 4.69) is 24.5 Å². The quantitative estimate of drug-likeness (QED) is 0.901. The van der Waals surface area contributed by atoms with E-state index in [-0.39, 0.29) is 17.4 Å².